The Morgan fingerprint density at radius 2 is 2.15 bits per heavy atom. The van der Waals surface area contributed by atoms with Crippen LogP contribution in [0.4, 0.5) is 0 Å². The van der Waals surface area contributed by atoms with E-state index in [1.54, 1.807) is 12.5 Å². The smallest absolute Gasteiger partial charge is 0.227 e. The number of hydrogen-bond donors (Lipinski definition) is 0. The maximum atomic E-state index is 12.9. The van der Waals surface area contributed by atoms with Crippen LogP contribution in [0, 0.1) is 5.92 Å². The Morgan fingerprint density at radius 3 is 3.04 bits per heavy atom. The fourth-order valence-corrected chi connectivity index (χ4v) is 3.99. The van der Waals surface area contributed by atoms with Crippen LogP contribution in [-0.4, -0.2) is 47.1 Å². The molecule has 5 nitrogen and oxygen atoms in total. The summed E-state index contributed by atoms with van der Waals surface area (Å²) in [6, 6.07) is 8.48. The second-order valence-corrected chi connectivity index (χ2v) is 7.32. The number of fused-ring (bicyclic) bond motifs is 1. The zero-order valence-corrected chi connectivity index (χ0v) is 15.1. The SMILES string of the molecule is O=C(Cc1ccc2c(c1)CCC2)N1CCOC[C@H](Cc2ccncn2)C1. The number of carbonyl (C=O) groups excluding carboxylic acids is 1. The molecule has 1 aliphatic heterocycles. The highest BCUT2D eigenvalue weighted by molar-refractivity contribution is 5.79. The molecule has 1 saturated heterocycles. The van der Waals surface area contributed by atoms with Crippen LogP contribution in [0.2, 0.25) is 0 Å². The van der Waals surface area contributed by atoms with Gasteiger partial charge in [-0.1, -0.05) is 18.2 Å². The van der Waals surface area contributed by atoms with E-state index >= 15 is 0 Å². The van der Waals surface area contributed by atoms with Gasteiger partial charge in [0.15, 0.2) is 0 Å². The minimum Gasteiger partial charge on any atom is -0.379 e. The van der Waals surface area contributed by atoms with Crippen LogP contribution < -0.4 is 0 Å². The summed E-state index contributed by atoms with van der Waals surface area (Å²) in [4.78, 5) is 23.1. The van der Waals surface area contributed by atoms with Gasteiger partial charge in [0, 0.05) is 30.9 Å². The van der Waals surface area contributed by atoms with Gasteiger partial charge in [-0.25, -0.2) is 9.97 Å². The quantitative estimate of drug-likeness (QED) is 0.848. The Morgan fingerprint density at radius 1 is 1.23 bits per heavy atom. The first kappa shape index (κ1) is 17.2. The van der Waals surface area contributed by atoms with Gasteiger partial charge in [-0.2, -0.15) is 0 Å². The number of rotatable bonds is 4. The number of aromatic nitrogens is 2. The lowest BCUT2D eigenvalue weighted by Crippen LogP contribution is -2.37. The van der Waals surface area contributed by atoms with Crippen molar-refractivity contribution in [2.24, 2.45) is 5.92 Å². The van der Waals surface area contributed by atoms with Gasteiger partial charge in [0.25, 0.3) is 0 Å². The second kappa shape index (κ2) is 7.96. The van der Waals surface area contributed by atoms with Gasteiger partial charge in [-0.3, -0.25) is 4.79 Å². The van der Waals surface area contributed by atoms with Crippen molar-refractivity contribution in [3.63, 3.8) is 0 Å². The lowest BCUT2D eigenvalue weighted by Gasteiger charge is -2.23. The molecule has 0 unspecified atom stereocenters. The number of aryl methyl sites for hydroxylation is 2. The molecule has 2 aromatic rings. The molecule has 1 amide bonds. The maximum Gasteiger partial charge on any atom is 0.227 e. The van der Waals surface area contributed by atoms with Crippen molar-refractivity contribution in [1.29, 1.82) is 0 Å². The second-order valence-electron chi connectivity index (χ2n) is 7.32. The average molecular weight is 351 g/mol. The molecule has 4 rings (SSSR count). The van der Waals surface area contributed by atoms with E-state index in [1.807, 2.05) is 11.0 Å². The van der Waals surface area contributed by atoms with Crippen molar-refractivity contribution in [2.75, 3.05) is 26.3 Å². The molecule has 0 radical (unpaired) electrons. The summed E-state index contributed by atoms with van der Waals surface area (Å²) in [5.74, 6) is 0.470. The molecule has 0 spiro atoms. The summed E-state index contributed by atoms with van der Waals surface area (Å²) in [5, 5.41) is 0. The lowest BCUT2D eigenvalue weighted by atomic mass is 10.0. The van der Waals surface area contributed by atoms with Crippen molar-refractivity contribution in [1.82, 2.24) is 14.9 Å². The summed E-state index contributed by atoms with van der Waals surface area (Å²) in [6.07, 6.45) is 8.19. The summed E-state index contributed by atoms with van der Waals surface area (Å²) in [6.45, 7) is 2.68. The Bertz CT molecular complexity index is 763. The van der Waals surface area contributed by atoms with Gasteiger partial charge < -0.3 is 9.64 Å². The van der Waals surface area contributed by atoms with E-state index in [0.717, 1.165) is 30.6 Å². The van der Waals surface area contributed by atoms with E-state index < -0.39 is 0 Å². The van der Waals surface area contributed by atoms with Crippen LogP contribution in [0.15, 0.2) is 36.8 Å². The first-order valence-electron chi connectivity index (χ1n) is 9.49. The van der Waals surface area contributed by atoms with Crippen molar-refractivity contribution in [3.8, 4) is 0 Å². The Kier molecular flexibility index (Phi) is 5.25. The Balaban J connectivity index is 1.39. The molecule has 5 heteroatoms. The van der Waals surface area contributed by atoms with Crippen LogP contribution >= 0.6 is 0 Å². The van der Waals surface area contributed by atoms with Crippen molar-refractivity contribution in [3.05, 3.63) is 59.2 Å². The van der Waals surface area contributed by atoms with Gasteiger partial charge in [0.2, 0.25) is 5.91 Å². The highest BCUT2D eigenvalue weighted by atomic mass is 16.5. The fourth-order valence-electron chi connectivity index (χ4n) is 3.99. The van der Waals surface area contributed by atoms with E-state index in [0.29, 0.717) is 26.2 Å². The Hall–Kier alpha value is -2.27. The first-order chi connectivity index (χ1) is 12.8. The molecule has 1 aromatic heterocycles. The van der Waals surface area contributed by atoms with Gasteiger partial charge in [-0.05, 0) is 48.4 Å². The largest absolute Gasteiger partial charge is 0.379 e. The van der Waals surface area contributed by atoms with Crippen LogP contribution in [-0.2, 0) is 35.2 Å². The third kappa shape index (κ3) is 4.10. The van der Waals surface area contributed by atoms with Gasteiger partial charge in [0.1, 0.15) is 6.33 Å². The molecule has 1 fully saturated rings. The lowest BCUT2D eigenvalue weighted by molar-refractivity contribution is -0.130. The highest BCUT2D eigenvalue weighted by Gasteiger charge is 2.23. The van der Waals surface area contributed by atoms with Crippen LogP contribution in [0.3, 0.4) is 0 Å². The van der Waals surface area contributed by atoms with Crippen LogP contribution in [0.25, 0.3) is 0 Å². The predicted octanol–water partition coefficient (Wildman–Crippen LogP) is 2.23. The van der Waals surface area contributed by atoms with E-state index in [1.165, 1.54) is 24.0 Å². The molecule has 0 bridgehead atoms. The number of hydrogen-bond acceptors (Lipinski definition) is 4. The minimum atomic E-state index is 0.195. The molecular formula is C21H25N3O2. The van der Waals surface area contributed by atoms with Gasteiger partial charge >= 0.3 is 0 Å². The summed E-state index contributed by atoms with van der Waals surface area (Å²) in [5.41, 5.74) is 5.01. The zero-order valence-electron chi connectivity index (χ0n) is 15.1. The molecule has 0 N–H and O–H groups in total. The van der Waals surface area contributed by atoms with Crippen molar-refractivity contribution in [2.45, 2.75) is 32.1 Å². The monoisotopic (exact) mass is 351 g/mol. The molecule has 0 saturated carbocycles. The van der Waals surface area contributed by atoms with Gasteiger partial charge in [-0.15, -0.1) is 0 Å². The molecular weight excluding hydrogens is 326 g/mol. The normalized spacial score (nSPS) is 19.8. The third-order valence-corrected chi connectivity index (χ3v) is 5.35. The molecule has 136 valence electrons. The minimum absolute atomic E-state index is 0.195. The molecule has 1 atom stereocenters. The molecule has 2 aliphatic rings. The van der Waals surface area contributed by atoms with E-state index in [4.69, 9.17) is 4.74 Å². The number of benzene rings is 1. The molecule has 1 aromatic carbocycles. The third-order valence-electron chi connectivity index (χ3n) is 5.35. The predicted molar refractivity (Wildman–Crippen MR) is 98.8 cm³/mol. The number of nitrogens with zero attached hydrogens (tertiary/aromatic N) is 3. The van der Waals surface area contributed by atoms with Crippen molar-refractivity contribution >= 4 is 5.91 Å². The first-order valence-corrected chi connectivity index (χ1v) is 9.49. The zero-order chi connectivity index (χ0) is 17.8. The average Bonchev–Trinajstić information content (AvgIpc) is 3.00. The summed E-state index contributed by atoms with van der Waals surface area (Å²) in [7, 11) is 0. The fraction of sp³-hybridized carbons (Fsp3) is 0.476. The maximum absolute atomic E-state index is 12.9. The standard InChI is InChI=1S/C21H25N3O2/c25-21(12-16-4-5-18-2-1-3-19(18)10-16)24-8-9-26-14-17(13-24)11-20-6-7-22-15-23-20/h4-7,10,15,17H,1-3,8-9,11-14H2/t17-/m1/s1. The Labute approximate surface area is 154 Å². The highest BCUT2D eigenvalue weighted by Crippen LogP contribution is 2.23. The number of amides is 1. The summed E-state index contributed by atoms with van der Waals surface area (Å²) >= 11 is 0. The molecule has 26 heavy (non-hydrogen) atoms. The van der Waals surface area contributed by atoms with E-state index in [2.05, 4.69) is 28.2 Å². The van der Waals surface area contributed by atoms with E-state index in [-0.39, 0.29) is 11.8 Å². The van der Waals surface area contributed by atoms with E-state index in [9.17, 15) is 4.79 Å². The summed E-state index contributed by atoms with van der Waals surface area (Å²) < 4.78 is 5.73. The number of ether oxygens (including phenoxy) is 1. The van der Waals surface area contributed by atoms with Gasteiger partial charge in [0.05, 0.1) is 19.6 Å². The molecule has 2 heterocycles. The van der Waals surface area contributed by atoms with Crippen LogP contribution in [0.5, 0.6) is 0 Å². The van der Waals surface area contributed by atoms with Crippen LogP contribution in [0.1, 0.15) is 28.8 Å². The molecule has 1 aliphatic carbocycles. The topological polar surface area (TPSA) is 55.3 Å². The number of carbonyl (C=O) groups is 1. The van der Waals surface area contributed by atoms with Crippen molar-refractivity contribution < 1.29 is 9.53 Å².